The van der Waals surface area contributed by atoms with E-state index < -0.39 is 0 Å². The number of hydrogen-bond donors (Lipinski definition) is 0. The second-order valence-corrected chi connectivity index (χ2v) is 1.95. The van der Waals surface area contributed by atoms with E-state index in [2.05, 4.69) is 18.1 Å². The van der Waals surface area contributed by atoms with Crippen LogP contribution in [0.15, 0.2) is 17.3 Å². The van der Waals surface area contributed by atoms with Crippen molar-refractivity contribution >= 4 is 6.21 Å². The molecule has 0 aromatic rings. The topological polar surface area (TPSA) is 15.6 Å². The lowest BCUT2D eigenvalue weighted by molar-refractivity contribution is 0.440. The van der Waals surface area contributed by atoms with Crippen molar-refractivity contribution in [1.29, 1.82) is 0 Å². The van der Waals surface area contributed by atoms with E-state index in [0.717, 1.165) is 6.42 Å². The lowest BCUT2D eigenvalue weighted by Gasteiger charge is -1.99. The standard InChI is InChI=1S/C7H14N2/c1-4-5-6-7-8-9(2)3/h5-7H,4H2,1-3H3. The van der Waals surface area contributed by atoms with Gasteiger partial charge < -0.3 is 5.01 Å². The van der Waals surface area contributed by atoms with Crippen molar-refractivity contribution < 1.29 is 0 Å². The third-order valence-corrected chi connectivity index (χ3v) is 0.755. The number of allylic oxidation sites excluding steroid dienone is 2. The Kier molecular flexibility index (Phi) is 4.88. The van der Waals surface area contributed by atoms with E-state index in [1.165, 1.54) is 0 Å². The van der Waals surface area contributed by atoms with Gasteiger partial charge in [-0.2, -0.15) is 5.10 Å². The second-order valence-electron chi connectivity index (χ2n) is 1.95. The maximum atomic E-state index is 3.98. The minimum atomic E-state index is 1.07. The van der Waals surface area contributed by atoms with Gasteiger partial charge in [-0.1, -0.05) is 13.0 Å². The van der Waals surface area contributed by atoms with Crippen molar-refractivity contribution in [3.63, 3.8) is 0 Å². The third kappa shape index (κ3) is 7.21. The summed E-state index contributed by atoms with van der Waals surface area (Å²) in [6.07, 6.45) is 6.86. The molecular weight excluding hydrogens is 112 g/mol. The van der Waals surface area contributed by atoms with Crippen molar-refractivity contribution in [1.82, 2.24) is 5.01 Å². The van der Waals surface area contributed by atoms with Gasteiger partial charge in [0.25, 0.3) is 0 Å². The molecule has 0 heterocycles. The van der Waals surface area contributed by atoms with Crippen molar-refractivity contribution in [3.05, 3.63) is 12.2 Å². The maximum absolute atomic E-state index is 3.98. The average molecular weight is 126 g/mol. The second kappa shape index (κ2) is 5.35. The van der Waals surface area contributed by atoms with E-state index in [-0.39, 0.29) is 0 Å². The first-order valence-electron chi connectivity index (χ1n) is 3.13. The highest BCUT2D eigenvalue weighted by Crippen LogP contribution is 1.77. The Balaban J connectivity index is 3.35. The van der Waals surface area contributed by atoms with Gasteiger partial charge in [-0.05, 0) is 12.5 Å². The number of hydrogen-bond acceptors (Lipinski definition) is 2. The molecule has 0 N–H and O–H groups in total. The molecule has 0 rings (SSSR count). The van der Waals surface area contributed by atoms with Gasteiger partial charge in [0, 0.05) is 20.3 Å². The van der Waals surface area contributed by atoms with Gasteiger partial charge in [0.2, 0.25) is 0 Å². The fourth-order valence-corrected chi connectivity index (χ4v) is 0.369. The Morgan fingerprint density at radius 1 is 1.44 bits per heavy atom. The number of rotatable bonds is 3. The Hall–Kier alpha value is -0.790. The molecule has 9 heavy (non-hydrogen) atoms. The summed E-state index contributed by atoms with van der Waals surface area (Å²) >= 11 is 0. The zero-order valence-corrected chi connectivity index (χ0v) is 6.33. The van der Waals surface area contributed by atoms with Crippen LogP contribution in [0.4, 0.5) is 0 Å². The van der Waals surface area contributed by atoms with E-state index in [9.17, 15) is 0 Å². The monoisotopic (exact) mass is 126 g/mol. The molecule has 0 radical (unpaired) electrons. The smallest absolute Gasteiger partial charge is 0.0467 e. The molecule has 2 heteroatoms. The summed E-state index contributed by atoms with van der Waals surface area (Å²) in [5, 5.41) is 5.75. The summed E-state index contributed by atoms with van der Waals surface area (Å²) in [5.74, 6) is 0. The highest BCUT2D eigenvalue weighted by atomic mass is 15.4. The molecule has 52 valence electrons. The number of nitrogens with zero attached hydrogens (tertiary/aromatic N) is 2. The third-order valence-electron chi connectivity index (χ3n) is 0.755. The van der Waals surface area contributed by atoms with E-state index in [0.29, 0.717) is 0 Å². The van der Waals surface area contributed by atoms with Crippen molar-refractivity contribution in [2.75, 3.05) is 14.1 Å². The predicted molar refractivity (Wildman–Crippen MR) is 41.6 cm³/mol. The van der Waals surface area contributed by atoms with Crippen LogP contribution >= 0.6 is 0 Å². The quantitative estimate of drug-likeness (QED) is 0.413. The fraction of sp³-hybridized carbons (Fsp3) is 0.571. The van der Waals surface area contributed by atoms with Crippen LogP contribution in [0.5, 0.6) is 0 Å². The van der Waals surface area contributed by atoms with Crippen molar-refractivity contribution in [3.8, 4) is 0 Å². The van der Waals surface area contributed by atoms with Gasteiger partial charge in [0.1, 0.15) is 0 Å². The summed E-state index contributed by atoms with van der Waals surface area (Å²) < 4.78 is 0. The van der Waals surface area contributed by atoms with Crippen LogP contribution in [0.25, 0.3) is 0 Å². The van der Waals surface area contributed by atoms with Gasteiger partial charge in [-0.25, -0.2) is 0 Å². The van der Waals surface area contributed by atoms with Gasteiger partial charge >= 0.3 is 0 Å². The minimum Gasteiger partial charge on any atom is -0.303 e. The number of hydrazone groups is 1. The first kappa shape index (κ1) is 8.21. The summed E-state index contributed by atoms with van der Waals surface area (Å²) in [7, 11) is 3.80. The predicted octanol–water partition coefficient (Wildman–Crippen LogP) is 1.50. The molecule has 0 bridgehead atoms. The lowest BCUT2D eigenvalue weighted by atomic mass is 10.4. The van der Waals surface area contributed by atoms with Crippen LogP contribution in [0.2, 0.25) is 0 Å². The molecule has 0 aliphatic heterocycles. The molecule has 0 aliphatic rings. The minimum absolute atomic E-state index is 1.07. The van der Waals surface area contributed by atoms with Gasteiger partial charge in [-0.15, -0.1) is 0 Å². The molecule has 0 saturated carbocycles. The summed E-state index contributed by atoms with van der Waals surface area (Å²) in [4.78, 5) is 0. The van der Waals surface area contributed by atoms with E-state index >= 15 is 0 Å². The van der Waals surface area contributed by atoms with E-state index in [1.54, 1.807) is 11.2 Å². The summed E-state index contributed by atoms with van der Waals surface area (Å²) in [5.41, 5.74) is 0. The van der Waals surface area contributed by atoms with Crippen LogP contribution < -0.4 is 0 Å². The Labute approximate surface area is 56.9 Å². The Morgan fingerprint density at radius 3 is 2.56 bits per heavy atom. The van der Waals surface area contributed by atoms with Gasteiger partial charge in [-0.3, -0.25) is 0 Å². The largest absolute Gasteiger partial charge is 0.303 e. The highest BCUT2D eigenvalue weighted by molar-refractivity contribution is 5.70. The summed E-state index contributed by atoms with van der Waals surface area (Å²) in [6.45, 7) is 2.10. The van der Waals surface area contributed by atoms with Crippen LogP contribution in [0, 0.1) is 0 Å². The van der Waals surface area contributed by atoms with Crippen LogP contribution in [0.1, 0.15) is 13.3 Å². The summed E-state index contributed by atoms with van der Waals surface area (Å²) in [6, 6.07) is 0. The molecule has 0 saturated heterocycles. The van der Waals surface area contributed by atoms with Crippen LogP contribution in [0.3, 0.4) is 0 Å². The van der Waals surface area contributed by atoms with Crippen LogP contribution in [-0.4, -0.2) is 25.3 Å². The highest BCUT2D eigenvalue weighted by Gasteiger charge is 1.70. The van der Waals surface area contributed by atoms with Crippen LogP contribution in [-0.2, 0) is 0 Å². The Morgan fingerprint density at radius 2 is 2.11 bits per heavy atom. The van der Waals surface area contributed by atoms with Crippen molar-refractivity contribution in [2.24, 2.45) is 5.10 Å². The van der Waals surface area contributed by atoms with Gasteiger partial charge in [0.05, 0.1) is 0 Å². The maximum Gasteiger partial charge on any atom is 0.0467 e. The molecule has 0 atom stereocenters. The van der Waals surface area contributed by atoms with Gasteiger partial charge in [0.15, 0.2) is 0 Å². The zero-order chi connectivity index (χ0) is 7.11. The van der Waals surface area contributed by atoms with E-state index in [1.807, 2.05) is 20.2 Å². The molecule has 0 spiro atoms. The normalized spacial score (nSPS) is 11.4. The molecule has 0 aromatic carbocycles. The van der Waals surface area contributed by atoms with E-state index in [4.69, 9.17) is 0 Å². The molecular formula is C7H14N2. The molecule has 0 amide bonds. The molecule has 0 fully saturated rings. The first-order valence-corrected chi connectivity index (χ1v) is 3.13. The molecule has 0 aliphatic carbocycles. The van der Waals surface area contributed by atoms with Crippen molar-refractivity contribution in [2.45, 2.75) is 13.3 Å². The fourth-order valence-electron chi connectivity index (χ4n) is 0.369. The molecule has 0 aromatic heterocycles. The molecule has 0 unspecified atom stereocenters. The Bertz CT molecular complexity index is 103. The molecule has 2 nitrogen and oxygen atoms in total. The zero-order valence-electron chi connectivity index (χ0n) is 6.33. The SMILES string of the molecule is CCC=CC=NN(C)C. The lowest BCUT2D eigenvalue weighted by Crippen LogP contribution is -2.00. The first-order chi connectivity index (χ1) is 4.27. The average Bonchev–Trinajstić information content (AvgIpc) is 1.80.